The van der Waals surface area contributed by atoms with Crippen LogP contribution in [0.4, 0.5) is 11.6 Å². The summed E-state index contributed by atoms with van der Waals surface area (Å²) < 4.78 is 0. The van der Waals surface area contributed by atoms with Gasteiger partial charge in [-0.2, -0.15) is 0 Å². The first kappa shape index (κ1) is 14.4. The van der Waals surface area contributed by atoms with Crippen molar-refractivity contribution in [3.05, 3.63) is 16.1 Å². The van der Waals surface area contributed by atoms with E-state index in [9.17, 15) is 0 Å². The first-order valence-corrected chi connectivity index (χ1v) is 6.64. The van der Waals surface area contributed by atoms with E-state index in [1.807, 2.05) is 6.92 Å². The Kier molecular flexibility index (Phi) is 5.86. The van der Waals surface area contributed by atoms with Gasteiger partial charge in [-0.1, -0.05) is 37.0 Å². The van der Waals surface area contributed by atoms with Gasteiger partial charge in [-0.25, -0.2) is 4.98 Å². The third-order valence-electron chi connectivity index (χ3n) is 2.29. The Balaban J connectivity index is 2.73. The minimum atomic E-state index is 0.547. The molecule has 0 aliphatic rings. The SMILES string of the molecule is CCNc1nc(NCCC(C)C)c(Cl)cc1Cl. The van der Waals surface area contributed by atoms with E-state index in [0.29, 0.717) is 27.6 Å². The molecule has 0 fully saturated rings. The van der Waals surface area contributed by atoms with Gasteiger partial charge >= 0.3 is 0 Å². The maximum absolute atomic E-state index is 6.08. The highest BCUT2D eigenvalue weighted by Crippen LogP contribution is 2.29. The quantitative estimate of drug-likeness (QED) is 0.814. The number of halogens is 2. The predicted molar refractivity (Wildman–Crippen MR) is 76.4 cm³/mol. The molecule has 0 atom stereocenters. The fourth-order valence-electron chi connectivity index (χ4n) is 1.36. The van der Waals surface area contributed by atoms with Gasteiger partial charge in [0, 0.05) is 13.1 Å². The van der Waals surface area contributed by atoms with E-state index in [0.717, 1.165) is 19.5 Å². The Morgan fingerprint density at radius 2 is 1.76 bits per heavy atom. The maximum atomic E-state index is 6.08. The Morgan fingerprint density at radius 3 is 2.29 bits per heavy atom. The van der Waals surface area contributed by atoms with Gasteiger partial charge < -0.3 is 10.6 Å². The number of anilines is 2. The number of rotatable bonds is 6. The molecule has 0 aromatic carbocycles. The van der Waals surface area contributed by atoms with Crippen LogP contribution in [-0.4, -0.2) is 18.1 Å². The number of pyridine rings is 1. The third-order valence-corrected chi connectivity index (χ3v) is 2.86. The van der Waals surface area contributed by atoms with Crippen LogP contribution < -0.4 is 10.6 Å². The zero-order valence-corrected chi connectivity index (χ0v) is 12.0. The average molecular weight is 276 g/mol. The number of nitrogens with one attached hydrogen (secondary N) is 2. The summed E-state index contributed by atoms with van der Waals surface area (Å²) in [5.74, 6) is 2.01. The van der Waals surface area contributed by atoms with Crippen LogP contribution in [0.1, 0.15) is 27.2 Å². The lowest BCUT2D eigenvalue weighted by Crippen LogP contribution is -2.08. The lowest BCUT2D eigenvalue weighted by molar-refractivity contribution is 0.606. The summed E-state index contributed by atoms with van der Waals surface area (Å²) in [6, 6.07) is 1.71. The molecule has 1 rings (SSSR count). The fourth-order valence-corrected chi connectivity index (χ4v) is 1.85. The van der Waals surface area contributed by atoms with Gasteiger partial charge in [0.05, 0.1) is 10.0 Å². The molecule has 0 radical (unpaired) electrons. The molecule has 17 heavy (non-hydrogen) atoms. The van der Waals surface area contributed by atoms with E-state index in [4.69, 9.17) is 23.2 Å². The lowest BCUT2D eigenvalue weighted by atomic mass is 10.1. The molecule has 0 saturated heterocycles. The van der Waals surface area contributed by atoms with Crippen molar-refractivity contribution in [1.29, 1.82) is 0 Å². The minimum absolute atomic E-state index is 0.547. The molecule has 0 amide bonds. The van der Waals surface area contributed by atoms with Crippen molar-refractivity contribution >= 4 is 34.8 Å². The van der Waals surface area contributed by atoms with Crippen LogP contribution >= 0.6 is 23.2 Å². The highest BCUT2D eigenvalue weighted by Gasteiger charge is 2.08. The Bertz CT molecular complexity index is 367. The summed E-state index contributed by atoms with van der Waals surface area (Å²) in [6.07, 6.45) is 1.08. The molecule has 0 spiro atoms. The van der Waals surface area contributed by atoms with Crippen molar-refractivity contribution < 1.29 is 0 Å². The monoisotopic (exact) mass is 275 g/mol. The molecular formula is C12H19Cl2N3. The minimum Gasteiger partial charge on any atom is -0.369 e. The van der Waals surface area contributed by atoms with Gasteiger partial charge in [0.1, 0.15) is 11.6 Å². The lowest BCUT2D eigenvalue weighted by Gasteiger charge is -2.12. The van der Waals surface area contributed by atoms with Gasteiger partial charge in [0.2, 0.25) is 0 Å². The second-order valence-corrected chi connectivity index (χ2v) is 5.10. The highest BCUT2D eigenvalue weighted by atomic mass is 35.5. The zero-order valence-electron chi connectivity index (χ0n) is 10.5. The van der Waals surface area contributed by atoms with Crippen molar-refractivity contribution in [2.75, 3.05) is 23.7 Å². The van der Waals surface area contributed by atoms with Gasteiger partial charge in [-0.3, -0.25) is 0 Å². The summed E-state index contributed by atoms with van der Waals surface area (Å²) in [5.41, 5.74) is 0. The summed E-state index contributed by atoms with van der Waals surface area (Å²) >= 11 is 12.1. The molecule has 0 aliphatic heterocycles. The standard InChI is InChI=1S/C12H19Cl2N3/c1-4-15-11-9(13)7-10(14)12(17-11)16-6-5-8(2)3/h7-8H,4-6H2,1-3H3,(H2,15,16,17). The number of aromatic nitrogens is 1. The van der Waals surface area contributed by atoms with Crippen LogP contribution in [0.15, 0.2) is 6.07 Å². The highest BCUT2D eigenvalue weighted by molar-refractivity contribution is 6.37. The Morgan fingerprint density at radius 1 is 1.18 bits per heavy atom. The predicted octanol–water partition coefficient (Wildman–Crippen LogP) is 4.28. The van der Waals surface area contributed by atoms with Gasteiger partial charge in [-0.05, 0) is 25.3 Å². The molecule has 0 aliphatic carbocycles. The van der Waals surface area contributed by atoms with E-state index in [1.54, 1.807) is 6.07 Å². The molecule has 0 saturated carbocycles. The third kappa shape index (κ3) is 4.60. The molecule has 1 heterocycles. The first-order valence-electron chi connectivity index (χ1n) is 5.88. The van der Waals surface area contributed by atoms with Crippen LogP contribution in [0.5, 0.6) is 0 Å². The molecule has 1 aromatic rings. The molecular weight excluding hydrogens is 257 g/mol. The molecule has 5 heteroatoms. The van der Waals surface area contributed by atoms with Gasteiger partial charge in [0.25, 0.3) is 0 Å². The number of hydrogen-bond acceptors (Lipinski definition) is 3. The summed E-state index contributed by atoms with van der Waals surface area (Å²) in [6.45, 7) is 8.00. The van der Waals surface area contributed by atoms with Crippen molar-refractivity contribution in [3.8, 4) is 0 Å². The van der Waals surface area contributed by atoms with Crippen LogP contribution in [0, 0.1) is 5.92 Å². The van der Waals surface area contributed by atoms with E-state index in [2.05, 4.69) is 29.5 Å². The van der Waals surface area contributed by atoms with E-state index in [-0.39, 0.29) is 0 Å². The van der Waals surface area contributed by atoms with Crippen LogP contribution in [0.2, 0.25) is 10.0 Å². The van der Waals surface area contributed by atoms with Crippen molar-refractivity contribution in [1.82, 2.24) is 4.98 Å². The topological polar surface area (TPSA) is 37.0 Å². The Labute approximate surface area is 113 Å². The average Bonchev–Trinajstić information content (AvgIpc) is 2.24. The molecule has 3 nitrogen and oxygen atoms in total. The largest absolute Gasteiger partial charge is 0.369 e. The smallest absolute Gasteiger partial charge is 0.147 e. The second kappa shape index (κ2) is 6.92. The summed E-state index contributed by atoms with van der Waals surface area (Å²) in [7, 11) is 0. The van der Waals surface area contributed by atoms with Crippen LogP contribution in [0.25, 0.3) is 0 Å². The maximum Gasteiger partial charge on any atom is 0.147 e. The number of nitrogens with zero attached hydrogens (tertiary/aromatic N) is 1. The van der Waals surface area contributed by atoms with Crippen molar-refractivity contribution in [3.63, 3.8) is 0 Å². The van der Waals surface area contributed by atoms with Crippen molar-refractivity contribution in [2.24, 2.45) is 5.92 Å². The molecule has 0 unspecified atom stereocenters. The first-order chi connectivity index (χ1) is 8.04. The van der Waals surface area contributed by atoms with Gasteiger partial charge in [-0.15, -0.1) is 0 Å². The molecule has 1 aromatic heterocycles. The second-order valence-electron chi connectivity index (χ2n) is 4.29. The summed E-state index contributed by atoms with van der Waals surface area (Å²) in [5, 5.41) is 7.43. The fraction of sp³-hybridized carbons (Fsp3) is 0.583. The molecule has 0 bridgehead atoms. The van der Waals surface area contributed by atoms with Crippen molar-refractivity contribution in [2.45, 2.75) is 27.2 Å². The van der Waals surface area contributed by atoms with E-state index < -0.39 is 0 Å². The van der Waals surface area contributed by atoms with Crippen LogP contribution in [-0.2, 0) is 0 Å². The molecule has 96 valence electrons. The van der Waals surface area contributed by atoms with E-state index >= 15 is 0 Å². The molecule has 2 N–H and O–H groups in total. The zero-order chi connectivity index (χ0) is 12.8. The Hall–Kier alpha value is -0.670. The van der Waals surface area contributed by atoms with E-state index in [1.165, 1.54) is 0 Å². The van der Waals surface area contributed by atoms with Crippen LogP contribution in [0.3, 0.4) is 0 Å². The normalized spacial score (nSPS) is 10.7. The number of hydrogen-bond donors (Lipinski definition) is 2. The van der Waals surface area contributed by atoms with Gasteiger partial charge in [0.15, 0.2) is 0 Å². The summed E-state index contributed by atoms with van der Waals surface area (Å²) in [4.78, 5) is 4.37.